The van der Waals surface area contributed by atoms with Crippen LogP contribution in [0.2, 0.25) is 5.02 Å². The molecule has 0 spiro atoms. The number of nitrogens with zero attached hydrogens (tertiary/aromatic N) is 2. The van der Waals surface area contributed by atoms with E-state index in [-0.39, 0.29) is 12.1 Å². The topological polar surface area (TPSA) is 35.6 Å². The first-order chi connectivity index (χ1) is 14.7. The number of rotatable bonds is 6. The van der Waals surface area contributed by atoms with Crippen molar-refractivity contribution < 1.29 is 22.4 Å². The number of halogens is 6. The summed E-state index contributed by atoms with van der Waals surface area (Å²) in [6, 6.07) is 9.33. The summed E-state index contributed by atoms with van der Waals surface area (Å²) in [4.78, 5) is 16.4. The predicted molar refractivity (Wildman–Crippen MR) is 118 cm³/mol. The molecule has 3 rings (SSSR count). The van der Waals surface area contributed by atoms with Gasteiger partial charge in [0.05, 0.1) is 23.4 Å². The molecule has 0 saturated carbocycles. The molecular formula is C21H21BrClF4N3O. The predicted octanol–water partition coefficient (Wildman–Crippen LogP) is 5.70. The highest BCUT2D eigenvalue weighted by molar-refractivity contribution is 9.08. The van der Waals surface area contributed by atoms with E-state index in [1.165, 1.54) is 12.1 Å². The first-order valence-corrected chi connectivity index (χ1v) is 11.2. The first kappa shape index (κ1) is 23.8. The molecule has 0 radical (unpaired) electrons. The van der Waals surface area contributed by atoms with E-state index in [2.05, 4.69) is 21.2 Å². The summed E-state index contributed by atoms with van der Waals surface area (Å²) < 4.78 is 51.7. The lowest BCUT2D eigenvalue weighted by Gasteiger charge is -2.37. The van der Waals surface area contributed by atoms with Crippen LogP contribution in [-0.4, -0.2) is 49.7 Å². The van der Waals surface area contributed by atoms with Gasteiger partial charge in [0, 0.05) is 43.1 Å². The number of carbonyl (C=O) groups excluding carboxylic acids is 1. The van der Waals surface area contributed by atoms with Crippen molar-refractivity contribution in [2.45, 2.75) is 17.9 Å². The van der Waals surface area contributed by atoms with Gasteiger partial charge in [-0.2, -0.15) is 13.2 Å². The Labute approximate surface area is 191 Å². The lowest BCUT2D eigenvalue weighted by atomic mass is 10.1. The van der Waals surface area contributed by atoms with Gasteiger partial charge in [-0.05, 0) is 35.9 Å². The van der Waals surface area contributed by atoms with Gasteiger partial charge in [0.25, 0.3) is 5.91 Å². The molecule has 2 aromatic carbocycles. The Hall–Kier alpha value is -1.84. The van der Waals surface area contributed by atoms with Crippen molar-refractivity contribution >= 4 is 44.8 Å². The standard InChI is InChI=1S/C21H21BrClF4N3O/c22-13-14-1-3-16(17(24)11-14)20(31)28-18-4-2-15(23)12-19(18)30-9-7-29(8-10-30)6-5-21(25,26)27/h1-4,11-12H,5-10,13H2,(H,28,31). The van der Waals surface area contributed by atoms with Crippen LogP contribution in [0.3, 0.4) is 0 Å². The second-order valence-electron chi connectivity index (χ2n) is 7.26. The zero-order chi connectivity index (χ0) is 22.6. The summed E-state index contributed by atoms with van der Waals surface area (Å²) >= 11 is 9.38. The molecule has 1 saturated heterocycles. The number of anilines is 2. The van der Waals surface area contributed by atoms with Crippen LogP contribution in [0.15, 0.2) is 36.4 Å². The van der Waals surface area contributed by atoms with Gasteiger partial charge in [0.1, 0.15) is 5.82 Å². The second-order valence-corrected chi connectivity index (χ2v) is 8.25. The van der Waals surface area contributed by atoms with Crippen molar-refractivity contribution in [1.82, 2.24) is 4.90 Å². The number of nitrogens with one attached hydrogen (secondary N) is 1. The van der Waals surface area contributed by atoms with Gasteiger partial charge in [-0.3, -0.25) is 9.69 Å². The number of benzene rings is 2. The average molecular weight is 523 g/mol. The Morgan fingerprint density at radius 3 is 2.42 bits per heavy atom. The van der Waals surface area contributed by atoms with E-state index in [4.69, 9.17) is 11.6 Å². The van der Waals surface area contributed by atoms with E-state index in [9.17, 15) is 22.4 Å². The largest absolute Gasteiger partial charge is 0.390 e. The summed E-state index contributed by atoms with van der Waals surface area (Å²) in [5.41, 5.74) is 1.74. The van der Waals surface area contributed by atoms with E-state index < -0.39 is 24.3 Å². The maximum atomic E-state index is 14.3. The highest BCUT2D eigenvalue weighted by Crippen LogP contribution is 2.31. The third kappa shape index (κ3) is 6.57. The van der Waals surface area contributed by atoms with Crippen molar-refractivity contribution in [3.8, 4) is 0 Å². The third-order valence-corrected chi connectivity index (χ3v) is 5.95. The highest BCUT2D eigenvalue weighted by Gasteiger charge is 2.29. The molecule has 1 aliphatic rings. The molecule has 0 atom stereocenters. The molecule has 1 N–H and O–H groups in total. The molecule has 31 heavy (non-hydrogen) atoms. The molecule has 0 unspecified atom stereocenters. The third-order valence-electron chi connectivity index (χ3n) is 5.06. The monoisotopic (exact) mass is 521 g/mol. The number of piperazine rings is 1. The smallest absolute Gasteiger partial charge is 0.367 e. The van der Waals surface area contributed by atoms with Crippen molar-refractivity contribution in [3.05, 3.63) is 58.4 Å². The number of hydrogen-bond donors (Lipinski definition) is 1. The Morgan fingerprint density at radius 2 is 1.81 bits per heavy atom. The van der Waals surface area contributed by atoms with E-state index >= 15 is 0 Å². The van der Waals surface area contributed by atoms with E-state index in [1.54, 1.807) is 29.2 Å². The summed E-state index contributed by atoms with van der Waals surface area (Å²) in [6.45, 7) is 1.84. The van der Waals surface area contributed by atoms with Crippen molar-refractivity contribution in [2.24, 2.45) is 0 Å². The zero-order valence-electron chi connectivity index (χ0n) is 16.5. The molecule has 10 heteroatoms. The van der Waals surface area contributed by atoms with Crippen LogP contribution < -0.4 is 10.2 Å². The van der Waals surface area contributed by atoms with Crippen LogP contribution in [0.25, 0.3) is 0 Å². The number of carbonyl (C=O) groups is 1. The number of hydrogen-bond acceptors (Lipinski definition) is 3. The Balaban J connectivity index is 1.71. The molecule has 168 valence electrons. The Kier molecular flexibility index (Phi) is 7.82. The Morgan fingerprint density at radius 1 is 1.10 bits per heavy atom. The first-order valence-electron chi connectivity index (χ1n) is 9.65. The van der Waals surface area contributed by atoms with Gasteiger partial charge in [0.2, 0.25) is 0 Å². The van der Waals surface area contributed by atoms with Crippen LogP contribution in [0.5, 0.6) is 0 Å². The second kappa shape index (κ2) is 10.2. The Bertz CT molecular complexity index is 933. The van der Waals surface area contributed by atoms with Gasteiger partial charge >= 0.3 is 6.18 Å². The summed E-state index contributed by atoms with van der Waals surface area (Å²) in [6.07, 6.45) is -5.02. The molecular weight excluding hydrogens is 502 g/mol. The minimum absolute atomic E-state index is 0.0415. The SMILES string of the molecule is O=C(Nc1ccc(Cl)cc1N1CCN(CCC(F)(F)F)CC1)c1ccc(CBr)cc1F. The van der Waals surface area contributed by atoms with Crippen LogP contribution in [-0.2, 0) is 5.33 Å². The van der Waals surface area contributed by atoms with E-state index in [1.807, 2.05) is 4.90 Å². The lowest BCUT2D eigenvalue weighted by molar-refractivity contribution is -0.138. The number of amides is 1. The molecule has 1 aliphatic heterocycles. The van der Waals surface area contributed by atoms with E-state index in [0.717, 1.165) is 0 Å². The van der Waals surface area contributed by atoms with Crippen LogP contribution in [0.1, 0.15) is 22.3 Å². The van der Waals surface area contributed by atoms with Gasteiger partial charge in [-0.1, -0.05) is 33.6 Å². The normalized spacial score (nSPS) is 15.2. The quantitative estimate of drug-likeness (QED) is 0.390. The van der Waals surface area contributed by atoms with Crippen molar-refractivity contribution in [3.63, 3.8) is 0 Å². The van der Waals surface area contributed by atoms with Gasteiger partial charge in [0.15, 0.2) is 0 Å². The summed E-state index contributed by atoms with van der Waals surface area (Å²) in [5.74, 6) is -1.21. The molecule has 0 aromatic heterocycles. The summed E-state index contributed by atoms with van der Waals surface area (Å²) in [7, 11) is 0. The fourth-order valence-electron chi connectivity index (χ4n) is 3.38. The van der Waals surface area contributed by atoms with Crippen LogP contribution in [0, 0.1) is 5.82 Å². The van der Waals surface area contributed by atoms with Gasteiger partial charge < -0.3 is 10.2 Å². The van der Waals surface area contributed by atoms with Gasteiger partial charge in [-0.25, -0.2) is 4.39 Å². The van der Waals surface area contributed by atoms with Crippen molar-refractivity contribution in [1.29, 1.82) is 0 Å². The summed E-state index contributed by atoms with van der Waals surface area (Å²) in [5, 5.41) is 3.67. The molecule has 0 aliphatic carbocycles. The molecule has 2 aromatic rings. The van der Waals surface area contributed by atoms with Gasteiger partial charge in [-0.15, -0.1) is 0 Å². The fourth-order valence-corrected chi connectivity index (χ4v) is 3.90. The van der Waals surface area contributed by atoms with Crippen molar-refractivity contribution in [2.75, 3.05) is 42.9 Å². The fraction of sp³-hybridized carbons (Fsp3) is 0.381. The van der Waals surface area contributed by atoms with Crippen LogP contribution in [0.4, 0.5) is 28.9 Å². The number of alkyl halides is 4. The molecule has 0 bridgehead atoms. The average Bonchev–Trinajstić information content (AvgIpc) is 2.73. The molecule has 4 nitrogen and oxygen atoms in total. The highest BCUT2D eigenvalue weighted by atomic mass is 79.9. The molecule has 1 fully saturated rings. The van der Waals surface area contributed by atoms with E-state index in [0.29, 0.717) is 53.5 Å². The lowest BCUT2D eigenvalue weighted by Crippen LogP contribution is -2.47. The molecule has 1 amide bonds. The maximum Gasteiger partial charge on any atom is 0.390 e. The molecule has 1 heterocycles. The zero-order valence-corrected chi connectivity index (χ0v) is 18.8. The maximum absolute atomic E-state index is 14.3. The van der Waals surface area contributed by atoms with Crippen LogP contribution >= 0.6 is 27.5 Å². The minimum atomic E-state index is -4.18. The minimum Gasteiger partial charge on any atom is -0.367 e.